The Labute approximate surface area is 99.4 Å². The Balaban J connectivity index is 2.28. The molecule has 3 unspecified atom stereocenters. The molecule has 0 bridgehead atoms. The summed E-state index contributed by atoms with van der Waals surface area (Å²) < 4.78 is 3.21. The van der Waals surface area contributed by atoms with Crippen LogP contribution in [0.1, 0.15) is 32.0 Å². The van der Waals surface area contributed by atoms with Gasteiger partial charge in [0, 0.05) is 6.54 Å². The minimum Gasteiger partial charge on any atom is -0.311 e. The van der Waals surface area contributed by atoms with Gasteiger partial charge in [-0.05, 0) is 48.2 Å². The molecule has 1 aromatic heterocycles. The van der Waals surface area contributed by atoms with Crippen LogP contribution in [0.15, 0.2) is 10.7 Å². The first kappa shape index (κ1) is 11.1. The summed E-state index contributed by atoms with van der Waals surface area (Å²) in [7, 11) is 2.04. The molecule has 2 rings (SSSR count). The Morgan fingerprint density at radius 3 is 2.87 bits per heavy atom. The molecule has 1 saturated carbocycles. The molecule has 0 radical (unpaired) electrons. The zero-order valence-corrected chi connectivity index (χ0v) is 11.1. The number of aromatic nitrogens is 2. The van der Waals surface area contributed by atoms with Crippen molar-refractivity contribution in [3.63, 3.8) is 0 Å². The van der Waals surface area contributed by atoms with Crippen molar-refractivity contribution in [1.82, 2.24) is 15.1 Å². The summed E-state index contributed by atoms with van der Waals surface area (Å²) in [5, 5.41) is 7.79. The lowest BCUT2D eigenvalue weighted by atomic mass is 10.1. The van der Waals surface area contributed by atoms with E-state index in [0.29, 0.717) is 6.04 Å². The van der Waals surface area contributed by atoms with Crippen LogP contribution in [0, 0.1) is 11.8 Å². The second-order valence-electron chi connectivity index (χ2n) is 4.34. The summed E-state index contributed by atoms with van der Waals surface area (Å²) in [6.45, 7) is 5.38. The van der Waals surface area contributed by atoms with Gasteiger partial charge < -0.3 is 5.32 Å². The lowest BCUT2D eigenvalue weighted by molar-refractivity contribution is 0.454. The summed E-state index contributed by atoms with van der Waals surface area (Å²) in [6, 6.07) is 0.442. The molecule has 3 atom stereocenters. The fourth-order valence-electron chi connectivity index (χ4n) is 2.30. The van der Waals surface area contributed by atoms with Gasteiger partial charge in [0.25, 0.3) is 0 Å². The van der Waals surface area contributed by atoms with Gasteiger partial charge in [0.1, 0.15) is 0 Å². The van der Waals surface area contributed by atoms with Crippen molar-refractivity contribution in [1.29, 1.82) is 0 Å². The van der Waals surface area contributed by atoms with E-state index in [4.69, 9.17) is 0 Å². The van der Waals surface area contributed by atoms with Crippen LogP contribution in [0.2, 0.25) is 0 Å². The van der Waals surface area contributed by atoms with Crippen LogP contribution in [-0.2, 0) is 6.54 Å². The third kappa shape index (κ3) is 1.97. The minimum absolute atomic E-state index is 0.442. The van der Waals surface area contributed by atoms with Crippen LogP contribution < -0.4 is 5.32 Å². The van der Waals surface area contributed by atoms with Crippen LogP contribution in [0.3, 0.4) is 0 Å². The van der Waals surface area contributed by atoms with E-state index in [-0.39, 0.29) is 0 Å². The first-order valence-electron chi connectivity index (χ1n) is 5.57. The Morgan fingerprint density at radius 2 is 2.40 bits per heavy atom. The van der Waals surface area contributed by atoms with E-state index < -0.39 is 0 Å². The number of aryl methyl sites for hydroxylation is 1. The standard InChI is InChI=1S/C11H18BrN3/c1-4-15-11(9(12)6-14-15)10(13-3)8-5-7(8)2/h6-8,10,13H,4-5H2,1-3H3. The van der Waals surface area contributed by atoms with Crippen molar-refractivity contribution in [3.05, 3.63) is 16.4 Å². The van der Waals surface area contributed by atoms with Gasteiger partial charge in [-0.2, -0.15) is 5.10 Å². The molecule has 84 valence electrons. The fourth-order valence-corrected chi connectivity index (χ4v) is 2.84. The summed E-state index contributed by atoms with van der Waals surface area (Å²) in [5.41, 5.74) is 1.30. The van der Waals surface area contributed by atoms with Crippen LogP contribution in [0.4, 0.5) is 0 Å². The molecule has 0 aliphatic heterocycles. The van der Waals surface area contributed by atoms with Crippen molar-refractivity contribution in [2.24, 2.45) is 11.8 Å². The van der Waals surface area contributed by atoms with Gasteiger partial charge in [-0.3, -0.25) is 4.68 Å². The third-order valence-electron chi connectivity index (χ3n) is 3.34. The highest BCUT2D eigenvalue weighted by molar-refractivity contribution is 9.10. The molecule has 15 heavy (non-hydrogen) atoms. The normalized spacial score (nSPS) is 26.7. The van der Waals surface area contributed by atoms with E-state index in [2.05, 4.69) is 44.9 Å². The smallest absolute Gasteiger partial charge is 0.0698 e. The summed E-state index contributed by atoms with van der Waals surface area (Å²) in [6.07, 6.45) is 3.23. The number of halogens is 1. The minimum atomic E-state index is 0.442. The van der Waals surface area contributed by atoms with E-state index in [0.717, 1.165) is 22.9 Å². The first-order valence-corrected chi connectivity index (χ1v) is 6.36. The predicted octanol–water partition coefficient (Wildman–Crippen LogP) is 2.58. The molecule has 0 spiro atoms. The number of hydrogen-bond acceptors (Lipinski definition) is 2. The molecule has 0 saturated heterocycles. The SMILES string of the molecule is CCn1ncc(Br)c1C(NC)C1CC1C. The Morgan fingerprint density at radius 1 is 1.73 bits per heavy atom. The van der Waals surface area contributed by atoms with E-state index in [1.54, 1.807) is 0 Å². The van der Waals surface area contributed by atoms with Gasteiger partial charge in [-0.15, -0.1) is 0 Å². The monoisotopic (exact) mass is 271 g/mol. The van der Waals surface area contributed by atoms with Crippen molar-refractivity contribution in [2.75, 3.05) is 7.05 Å². The van der Waals surface area contributed by atoms with Gasteiger partial charge >= 0.3 is 0 Å². The van der Waals surface area contributed by atoms with Crippen molar-refractivity contribution in [2.45, 2.75) is 32.9 Å². The largest absolute Gasteiger partial charge is 0.311 e. The van der Waals surface area contributed by atoms with E-state index >= 15 is 0 Å². The zero-order chi connectivity index (χ0) is 11.0. The van der Waals surface area contributed by atoms with Gasteiger partial charge in [0.15, 0.2) is 0 Å². The third-order valence-corrected chi connectivity index (χ3v) is 3.95. The molecule has 4 heteroatoms. The van der Waals surface area contributed by atoms with Crippen LogP contribution in [0.5, 0.6) is 0 Å². The molecule has 0 amide bonds. The predicted molar refractivity (Wildman–Crippen MR) is 64.7 cm³/mol. The molecule has 1 aliphatic carbocycles. The molecule has 0 aromatic carbocycles. The van der Waals surface area contributed by atoms with Crippen LogP contribution >= 0.6 is 15.9 Å². The first-order chi connectivity index (χ1) is 7.19. The second-order valence-corrected chi connectivity index (χ2v) is 5.19. The molecule has 1 heterocycles. The van der Waals surface area contributed by atoms with E-state index in [1.165, 1.54) is 12.1 Å². The summed E-state index contributed by atoms with van der Waals surface area (Å²) >= 11 is 3.59. The van der Waals surface area contributed by atoms with Gasteiger partial charge in [-0.25, -0.2) is 0 Å². The van der Waals surface area contributed by atoms with E-state index in [9.17, 15) is 0 Å². The lowest BCUT2D eigenvalue weighted by Gasteiger charge is -2.18. The summed E-state index contributed by atoms with van der Waals surface area (Å²) in [5.74, 6) is 1.61. The van der Waals surface area contributed by atoms with Crippen molar-refractivity contribution in [3.8, 4) is 0 Å². The molecular weight excluding hydrogens is 254 g/mol. The van der Waals surface area contributed by atoms with Gasteiger partial charge in [0.2, 0.25) is 0 Å². The van der Waals surface area contributed by atoms with Crippen molar-refractivity contribution < 1.29 is 0 Å². The summed E-state index contributed by atoms with van der Waals surface area (Å²) in [4.78, 5) is 0. The maximum atomic E-state index is 4.37. The fraction of sp³-hybridized carbons (Fsp3) is 0.727. The highest BCUT2D eigenvalue weighted by Gasteiger charge is 2.41. The zero-order valence-electron chi connectivity index (χ0n) is 9.50. The Bertz CT molecular complexity index is 348. The average Bonchev–Trinajstić information content (AvgIpc) is 2.82. The second kappa shape index (κ2) is 4.26. The average molecular weight is 272 g/mol. The maximum absolute atomic E-state index is 4.37. The van der Waals surface area contributed by atoms with Gasteiger partial charge in [-0.1, -0.05) is 6.92 Å². The molecule has 3 nitrogen and oxygen atoms in total. The van der Waals surface area contributed by atoms with Crippen LogP contribution in [0.25, 0.3) is 0 Å². The van der Waals surface area contributed by atoms with E-state index in [1.807, 2.05) is 13.2 Å². The number of nitrogens with one attached hydrogen (secondary N) is 1. The lowest BCUT2D eigenvalue weighted by Crippen LogP contribution is -2.23. The Kier molecular flexibility index (Phi) is 3.16. The highest BCUT2D eigenvalue weighted by atomic mass is 79.9. The highest BCUT2D eigenvalue weighted by Crippen LogP contribution is 2.47. The maximum Gasteiger partial charge on any atom is 0.0698 e. The number of hydrogen-bond donors (Lipinski definition) is 1. The topological polar surface area (TPSA) is 29.9 Å². The molecule has 1 fully saturated rings. The number of rotatable bonds is 4. The molecule has 1 aromatic rings. The number of nitrogens with zero attached hydrogens (tertiary/aromatic N) is 2. The molecule has 1 aliphatic rings. The quantitative estimate of drug-likeness (QED) is 0.913. The molecule has 1 N–H and O–H groups in total. The molecular formula is C11H18BrN3. The van der Waals surface area contributed by atoms with Crippen LogP contribution in [-0.4, -0.2) is 16.8 Å². The van der Waals surface area contributed by atoms with Crippen molar-refractivity contribution >= 4 is 15.9 Å². The van der Waals surface area contributed by atoms with Gasteiger partial charge in [0.05, 0.1) is 22.4 Å². The Hall–Kier alpha value is -0.350.